The van der Waals surface area contributed by atoms with Crippen LogP contribution in [-0.4, -0.2) is 46.2 Å². The van der Waals surface area contributed by atoms with E-state index in [4.69, 9.17) is 19.8 Å². The molecule has 5 rings (SSSR count). The van der Waals surface area contributed by atoms with E-state index in [1.165, 1.54) is 7.11 Å². The van der Waals surface area contributed by atoms with Crippen LogP contribution in [0.4, 0.5) is 4.79 Å². The van der Waals surface area contributed by atoms with Crippen LogP contribution in [0.2, 0.25) is 0 Å². The quantitative estimate of drug-likeness (QED) is 0.250. The second kappa shape index (κ2) is 10.7. The minimum absolute atomic E-state index is 0.118. The zero-order valence-corrected chi connectivity index (χ0v) is 23.9. The number of nitrogens with zero attached hydrogens (tertiary/aromatic N) is 4. The van der Waals surface area contributed by atoms with Crippen LogP contribution >= 0.6 is 11.3 Å². The molecule has 206 valence electrons. The Kier molecular flexibility index (Phi) is 7.30. The molecule has 0 saturated heterocycles. The molecule has 10 nitrogen and oxygen atoms in total. The van der Waals surface area contributed by atoms with Gasteiger partial charge in [0.1, 0.15) is 15.6 Å². The van der Waals surface area contributed by atoms with Crippen LogP contribution in [0.3, 0.4) is 0 Å². The number of amides is 1. The number of fused-ring (bicyclic) bond motifs is 1. The molecule has 1 aromatic carbocycles. The molecule has 12 heteroatoms. The van der Waals surface area contributed by atoms with Gasteiger partial charge in [0.2, 0.25) is 5.88 Å². The van der Waals surface area contributed by atoms with Crippen LogP contribution < -0.4 is 9.46 Å². The number of carboxylic acid groups (broad SMARTS) is 1. The third-order valence-corrected chi connectivity index (χ3v) is 9.44. The molecule has 0 unspecified atom stereocenters. The van der Waals surface area contributed by atoms with E-state index in [9.17, 15) is 13.2 Å². The van der Waals surface area contributed by atoms with E-state index < -0.39 is 16.1 Å². The molecule has 0 saturated carbocycles. The van der Waals surface area contributed by atoms with E-state index in [2.05, 4.69) is 16.5 Å². The fourth-order valence-electron chi connectivity index (χ4n) is 4.67. The second-order valence-electron chi connectivity index (χ2n) is 9.20. The number of carbonyl (C=O) groups is 1. The van der Waals surface area contributed by atoms with Crippen LogP contribution in [0.15, 0.2) is 58.9 Å². The highest BCUT2D eigenvalue weighted by Gasteiger charge is 2.27. The number of rotatable bonds is 8. The molecule has 5 aromatic rings. The number of methoxy groups -OCH3 is 1. The number of imidazole rings is 1. The fraction of sp³-hybridized carbons (Fsp3) is 0.214. The van der Waals surface area contributed by atoms with Crippen molar-refractivity contribution in [3.8, 4) is 27.4 Å². The van der Waals surface area contributed by atoms with Crippen LogP contribution in [0.25, 0.3) is 32.7 Å². The molecule has 0 bridgehead atoms. The van der Waals surface area contributed by atoms with Gasteiger partial charge in [0.25, 0.3) is 10.0 Å². The molecule has 2 N–H and O–H groups in total. The SMILES string of the molecule is CCc1nc2c(C)cc(C)nc2n1Cc1ccc(-c2cc(-c3cccnc3OC)sc2S(=O)(=O)NC(=O)O)cc1. The van der Waals surface area contributed by atoms with E-state index in [0.29, 0.717) is 34.0 Å². The smallest absolute Gasteiger partial charge is 0.418 e. The largest absolute Gasteiger partial charge is 0.481 e. The fourth-order valence-corrected chi connectivity index (χ4v) is 7.22. The van der Waals surface area contributed by atoms with E-state index in [-0.39, 0.29) is 4.21 Å². The minimum atomic E-state index is -4.35. The van der Waals surface area contributed by atoms with Crippen LogP contribution in [0.1, 0.15) is 29.6 Å². The topological polar surface area (TPSA) is 136 Å². The maximum absolute atomic E-state index is 13.0. The molecule has 0 atom stereocenters. The summed E-state index contributed by atoms with van der Waals surface area (Å²) in [6.07, 6.45) is 0.666. The molecule has 0 radical (unpaired) electrons. The lowest BCUT2D eigenvalue weighted by molar-refractivity contribution is 0.201. The van der Waals surface area contributed by atoms with Gasteiger partial charge in [-0.25, -0.2) is 32.9 Å². The first kappa shape index (κ1) is 27.3. The highest BCUT2D eigenvalue weighted by Crippen LogP contribution is 2.42. The van der Waals surface area contributed by atoms with Crippen molar-refractivity contribution in [3.05, 3.63) is 77.4 Å². The van der Waals surface area contributed by atoms with Gasteiger partial charge < -0.3 is 14.4 Å². The van der Waals surface area contributed by atoms with Gasteiger partial charge in [-0.05, 0) is 54.8 Å². The van der Waals surface area contributed by atoms with Gasteiger partial charge in [-0.3, -0.25) is 0 Å². The maximum atomic E-state index is 13.0. The number of sulfonamides is 1. The molecule has 0 aliphatic carbocycles. The predicted molar refractivity (Wildman–Crippen MR) is 153 cm³/mol. The molecule has 40 heavy (non-hydrogen) atoms. The lowest BCUT2D eigenvalue weighted by atomic mass is 10.1. The number of aromatic nitrogens is 4. The van der Waals surface area contributed by atoms with Crippen LogP contribution in [0.5, 0.6) is 5.88 Å². The summed E-state index contributed by atoms with van der Waals surface area (Å²) in [5.41, 5.74) is 6.30. The molecule has 0 aliphatic rings. The van der Waals surface area contributed by atoms with Gasteiger partial charge in [-0.15, -0.1) is 11.3 Å². The average Bonchev–Trinajstić information content (AvgIpc) is 3.52. The van der Waals surface area contributed by atoms with Crippen LogP contribution in [0, 0.1) is 13.8 Å². The van der Waals surface area contributed by atoms with Gasteiger partial charge in [0.15, 0.2) is 5.65 Å². The van der Waals surface area contributed by atoms with Crippen molar-refractivity contribution in [2.75, 3.05) is 7.11 Å². The number of benzene rings is 1. The number of thiophene rings is 1. The Hall–Kier alpha value is -4.29. The van der Waals surface area contributed by atoms with Crippen LogP contribution in [-0.2, 0) is 23.0 Å². The second-order valence-corrected chi connectivity index (χ2v) is 12.1. The van der Waals surface area contributed by atoms with Crippen molar-refractivity contribution >= 4 is 38.6 Å². The van der Waals surface area contributed by atoms with Crippen molar-refractivity contribution in [3.63, 3.8) is 0 Å². The Balaban J connectivity index is 1.56. The summed E-state index contributed by atoms with van der Waals surface area (Å²) in [6.45, 7) is 6.60. The summed E-state index contributed by atoms with van der Waals surface area (Å²) in [7, 11) is -2.87. The minimum Gasteiger partial charge on any atom is -0.481 e. The normalized spacial score (nSPS) is 11.6. The zero-order valence-electron chi connectivity index (χ0n) is 22.3. The Morgan fingerprint density at radius 3 is 2.52 bits per heavy atom. The summed E-state index contributed by atoms with van der Waals surface area (Å²) in [5, 5.41) is 9.16. The number of pyridine rings is 2. The van der Waals surface area contributed by atoms with Gasteiger partial charge in [0, 0.05) is 28.8 Å². The number of ether oxygens (including phenoxy) is 1. The lowest BCUT2D eigenvalue weighted by Crippen LogP contribution is -2.28. The number of hydrogen-bond acceptors (Lipinski definition) is 8. The Morgan fingerprint density at radius 1 is 1.10 bits per heavy atom. The lowest BCUT2D eigenvalue weighted by Gasteiger charge is -2.10. The third-order valence-electron chi connectivity index (χ3n) is 6.42. The number of nitrogens with one attached hydrogen (secondary N) is 1. The first-order chi connectivity index (χ1) is 19.1. The van der Waals surface area contributed by atoms with Crippen molar-refractivity contribution in [2.45, 2.75) is 37.9 Å². The van der Waals surface area contributed by atoms with Gasteiger partial charge in [-0.2, -0.15) is 0 Å². The van der Waals surface area contributed by atoms with E-state index in [0.717, 1.165) is 51.6 Å². The molecule has 0 aliphatic heterocycles. The number of aryl methyl sites for hydroxylation is 3. The monoisotopic (exact) mass is 577 g/mol. The van der Waals surface area contributed by atoms with Crippen molar-refractivity contribution in [1.82, 2.24) is 24.2 Å². The molecular weight excluding hydrogens is 550 g/mol. The molecule has 1 amide bonds. The van der Waals surface area contributed by atoms with Gasteiger partial charge in [-0.1, -0.05) is 31.2 Å². The first-order valence-corrected chi connectivity index (χ1v) is 14.7. The highest BCUT2D eigenvalue weighted by molar-refractivity contribution is 7.92. The van der Waals surface area contributed by atoms with Crippen molar-refractivity contribution in [2.24, 2.45) is 0 Å². The summed E-state index contributed by atoms with van der Waals surface area (Å²) in [5.74, 6) is 1.26. The molecule has 0 fully saturated rings. The molecular formula is C28H27N5O5S2. The van der Waals surface area contributed by atoms with E-state index in [1.54, 1.807) is 29.1 Å². The summed E-state index contributed by atoms with van der Waals surface area (Å²) in [4.78, 5) is 25.6. The predicted octanol–water partition coefficient (Wildman–Crippen LogP) is 5.41. The van der Waals surface area contributed by atoms with Crippen molar-refractivity contribution < 1.29 is 23.1 Å². The Bertz CT molecular complexity index is 1840. The number of hydrogen-bond donors (Lipinski definition) is 2. The first-order valence-electron chi connectivity index (χ1n) is 12.4. The van der Waals surface area contributed by atoms with E-state index in [1.807, 2.05) is 44.2 Å². The average molecular weight is 578 g/mol. The molecule has 4 aromatic heterocycles. The van der Waals surface area contributed by atoms with Crippen molar-refractivity contribution in [1.29, 1.82) is 0 Å². The summed E-state index contributed by atoms with van der Waals surface area (Å²) < 4.78 is 35.0. The van der Waals surface area contributed by atoms with E-state index >= 15 is 0 Å². The van der Waals surface area contributed by atoms with Gasteiger partial charge >= 0.3 is 6.09 Å². The summed E-state index contributed by atoms with van der Waals surface area (Å²) in [6, 6.07) is 14.7. The maximum Gasteiger partial charge on any atom is 0.418 e. The zero-order chi connectivity index (χ0) is 28.6. The molecule has 4 heterocycles. The van der Waals surface area contributed by atoms with Gasteiger partial charge in [0.05, 0.1) is 19.2 Å². The summed E-state index contributed by atoms with van der Waals surface area (Å²) >= 11 is 0.948. The Labute approximate surface area is 235 Å². The third kappa shape index (κ3) is 5.15. The Morgan fingerprint density at radius 2 is 1.85 bits per heavy atom. The molecule has 0 spiro atoms. The standard InChI is InChI=1S/C28H27N5O5S2/c1-5-23-31-24-16(2)13-17(3)30-25(24)33(23)15-18-8-10-19(11-9-18)21-14-22(20-7-6-12-29-26(20)38-4)39-27(21)40(36,37)32-28(34)35/h6-14,32H,5,15H2,1-4H3,(H,34,35). The highest BCUT2D eigenvalue weighted by atomic mass is 32.2.